The van der Waals surface area contributed by atoms with Gasteiger partial charge in [0.2, 0.25) is 0 Å². The summed E-state index contributed by atoms with van der Waals surface area (Å²) in [6.45, 7) is 6.64. The molecule has 1 aromatic heterocycles. The Kier molecular flexibility index (Phi) is 5.74. The molecule has 3 aromatic rings. The molecule has 0 amide bonds. The lowest BCUT2D eigenvalue weighted by atomic mass is 10.1. The molecule has 142 valence electrons. The zero-order valence-corrected chi connectivity index (χ0v) is 16.0. The minimum absolute atomic E-state index is 0.237. The highest BCUT2D eigenvalue weighted by atomic mass is 19.1. The second-order valence-corrected chi connectivity index (χ2v) is 6.86. The maximum absolute atomic E-state index is 13.5. The van der Waals surface area contributed by atoms with Crippen molar-refractivity contribution in [2.75, 3.05) is 19.0 Å². The number of ether oxygens (including phenoxy) is 2. The Labute approximate surface area is 158 Å². The summed E-state index contributed by atoms with van der Waals surface area (Å²) in [4.78, 5) is 8.67. The van der Waals surface area contributed by atoms with Crippen LogP contribution >= 0.6 is 0 Å². The number of halogens is 1. The summed E-state index contributed by atoms with van der Waals surface area (Å²) in [7, 11) is 1.61. The molecule has 0 saturated carbocycles. The molecule has 0 radical (unpaired) electrons. The van der Waals surface area contributed by atoms with Crippen LogP contribution in [0.1, 0.15) is 25.8 Å². The van der Waals surface area contributed by atoms with Gasteiger partial charge in [-0.25, -0.2) is 14.4 Å². The normalized spacial score (nSPS) is 11.0. The second kappa shape index (κ2) is 8.20. The maximum atomic E-state index is 13.5. The molecule has 0 aliphatic rings. The van der Waals surface area contributed by atoms with Crippen molar-refractivity contribution in [3.63, 3.8) is 0 Å². The molecule has 0 atom stereocenters. The molecular formula is C21H24FN3O2. The van der Waals surface area contributed by atoms with Crippen molar-refractivity contribution in [1.29, 1.82) is 0 Å². The van der Waals surface area contributed by atoms with E-state index >= 15 is 0 Å². The molecule has 3 rings (SSSR count). The van der Waals surface area contributed by atoms with Crippen molar-refractivity contribution in [1.82, 2.24) is 9.97 Å². The van der Waals surface area contributed by atoms with Crippen molar-refractivity contribution >= 4 is 22.4 Å². The Morgan fingerprint density at radius 2 is 1.93 bits per heavy atom. The average Bonchev–Trinajstić information content (AvgIpc) is 2.64. The van der Waals surface area contributed by atoms with E-state index in [1.807, 2.05) is 12.1 Å². The highest BCUT2D eigenvalue weighted by Gasteiger charge is 2.12. The maximum Gasteiger partial charge on any atom is 0.162 e. The number of rotatable bonds is 7. The van der Waals surface area contributed by atoms with Crippen LogP contribution in [0.25, 0.3) is 10.9 Å². The fraction of sp³-hybridized carbons (Fsp3) is 0.333. The van der Waals surface area contributed by atoms with Gasteiger partial charge in [-0.05, 0) is 49.1 Å². The predicted molar refractivity (Wildman–Crippen MR) is 105 cm³/mol. The first-order chi connectivity index (χ1) is 13.0. The Bertz CT molecular complexity index is 944. The molecule has 0 unspecified atom stereocenters. The van der Waals surface area contributed by atoms with E-state index in [4.69, 9.17) is 9.47 Å². The van der Waals surface area contributed by atoms with Gasteiger partial charge >= 0.3 is 0 Å². The number of aryl methyl sites for hydroxylation is 1. The van der Waals surface area contributed by atoms with Crippen molar-refractivity contribution in [2.45, 2.75) is 27.2 Å². The molecule has 0 aliphatic heterocycles. The topological polar surface area (TPSA) is 56.3 Å². The summed E-state index contributed by atoms with van der Waals surface area (Å²) in [5.74, 6) is 2.23. The van der Waals surface area contributed by atoms with Gasteiger partial charge in [0.15, 0.2) is 11.5 Å². The van der Waals surface area contributed by atoms with Crippen LogP contribution in [0.3, 0.4) is 0 Å². The first kappa shape index (κ1) is 18.9. The van der Waals surface area contributed by atoms with Crippen LogP contribution in [-0.4, -0.2) is 23.7 Å². The molecule has 0 saturated heterocycles. The Morgan fingerprint density at radius 1 is 1.11 bits per heavy atom. The van der Waals surface area contributed by atoms with Gasteiger partial charge < -0.3 is 14.8 Å². The zero-order valence-electron chi connectivity index (χ0n) is 16.0. The number of fused-ring (bicyclic) bond motifs is 1. The molecule has 2 aromatic carbocycles. The number of methoxy groups -OCH3 is 1. The van der Waals surface area contributed by atoms with Gasteiger partial charge in [0.05, 0.1) is 19.2 Å². The summed E-state index contributed by atoms with van der Waals surface area (Å²) in [5, 5.41) is 4.05. The average molecular weight is 369 g/mol. The van der Waals surface area contributed by atoms with E-state index in [1.54, 1.807) is 26.2 Å². The first-order valence-corrected chi connectivity index (χ1v) is 8.96. The highest BCUT2D eigenvalue weighted by molar-refractivity contribution is 5.93. The lowest BCUT2D eigenvalue weighted by Gasteiger charge is -2.14. The van der Waals surface area contributed by atoms with Crippen molar-refractivity contribution in [3.05, 3.63) is 48.0 Å². The summed E-state index contributed by atoms with van der Waals surface area (Å²) < 4.78 is 24.9. The number of anilines is 2. The SMILES string of the molecule is COc1cc2ncnc(Nc3ccc(F)c(C)c3)c2cc1OCCC(C)C. The fourth-order valence-corrected chi connectivity index (χ4v) is 2.70. The van der Waals surface area contributed by atoms with Crippen LogP contribution in [0.2, 0.25) is 0 Å². The number of hydrogen-bond donors (Lipinski definition) is 1. The Morgan fingerprint density at radius 3 is 2.63 bits per heavy atom. The standard InChI is InChI=1S/C21H24FN3O2/c1-13(2)7-8-27-20-10-16-18(11-19(20)26-4)23-12-24-21(16)25-15-5-6-17(22)14(3)9-15/h5-6,9-13H,7-8H2,1-4H3,(H,23,24,25). The first-order valence-electron chi connectivity index (χ1n) is 8.96. The van der Waals surface area contributed by atoms with Gasteiger partial charge in [0, 0.05) is 17.1 Å². The summed E-state index contributed by atoms with van der Waals surface area (Å²) in [6.07, 6.45) is 2.44. The third-order valence-electron chi connectivity index (χ3n) is 4.29. The van der Waals surface area contributed by atoms with E-state index in [-0.39, 0.29) is 5.82 Å². The monoisotopic (exact) mass is 369 g/mol. The minimum atomic E-state index is -0.237. The van der Waals surface area contributed by atoms with Crippen molar-refractivity contribution in [3.8, 4) is 11.5 Å². The number of nitrogens with zero attached hydrogens (tertiary/aromatic N) is 2. The molecule has 6 heteroatoms. The highest BCUT2D eigenvalue weighted by Crippen LogP contribution is 2.35. The van der Waals surface area contributed by atoms with Gasteiger partial charge in [-0.15, -0.1) is 0 Å². The predicted octanol–water partition coefficient (Wildman–Crippen LogP) is 5.25. The van der Waals surface area contributed by atoms with E-state index in [0.29, 0.717) is 35.4 Å². The molecule has 0 fully saturated rings. The van der Waals surface area contributed by atoms with Crippen LogP contribution in [0.5, 0.6) is 11.5 Å². The van der Waals surface area contributed by atoms with Gasteiger partial charge in [-0.2, -0.15) is 0 Å². The number of hydrogen-bond acceptors (Lipinski definition) is 5. The minimum Gasteiger partial charge on any atom is -0.493 e. The van der Waals surface area contributed by atoms with Crippen LogP contribution in [-0.2, 0) is 0 Å². The largest absolute Gasteiger partial charge is 0.493 e. The van der Waals surface area contributed by atoms with Crippen LogP contribution < -0.4 is 14.8 Å². The zero-order chi connectivity index (χ0) is 19.4. The van der Waals surface area contributed by atoms with E-state index in [0.717, 1.165) is 23.0 Å². The number of aromatic nitrogens is 2. The Hall–Kier alpha value is -2.89. The summed E-state index contributed by atoms with van der Waals surface area (Å²) >= 11 is 0. The van der Waals surface area contributed by atoms with E-state index in [2.05, 4.69) is 29.1 Å². The fourth-order valence-electron chi connectivity index (χ4n) is 2.70. The van der Waals surface area contributed by atoms with Crippen molar-refractivity contribution in [2.24, 2.45) is 5.92 Å². The van der Waals surface area contributed by atoms with Gasteiger partial charge in [0.25, 0.3) is 0 Å². The van der Waals surface area contributed by atoms with Crippen LogP contribution in [0.15, 0.2) is 36.7 Å². The van der Waals surface area contributed by atoms with E-state index in [1.165, 1.54) is 12.4 Å². The van der Waals surface area contributed by atoms with Crippen LogP contribution in [0, 0.1) is 18.7 Å². The second-order valence-electron chi connectivity index (χ2n) is 6.86. The van der Waals surface area contributed by atoms with Gasteiger partial charge in [-0.1, -0.05) is 13.8 Å². The Balaban J connectivity index is 1.96. The summed E-state index contributed by atoms with van der Waals surface area (Å²) in [5.41, 5.74) is 2.06. The van der Waals surface area contributed by atoms with Crippen LogP contribution in [0.4, 0.5) is 15.9 Å². The molecule has 27 heavy (non-hydrogen) atoms. The van der Waals surface area contributed by atoms with Gasteiger partial charge in [0.1, 0.15) is 18.0 Å². The molecule has 0 spiro atoms. The molecule has 5 nitrogen and oxygen atoms in total. The third kappa shape index (κ3) is 4.45. The molecule has 1 N–H and O–H groups in total. The third-order valence-corrected chi connectivity index (χ3v) is 4.29. The molecule has 0 bridgehead atoms. The molecule has 1 heterocycles. The van der Waals surface area contributed by atoms with E-state index in [9.17, 15) is 4.39 Å². The lowest BCUT2D eigenvalue weighted by Crippen LogP contribution is -2.03. The van der Waals surface area contributed by atoms with Crippen molar-refractivity contribution < 1.29 is 13.9 Å². The number of benzene rings is 2. The quantitative estimate of drug-likeness (QED) is 0.616. The number of nitrogens with one attached hydrogen (secondary N) is 1. The smallest absolute Gasteiger partial charge is 0.162 e. The van der Waals surface area contributed by atoms with Gasteiger partial charge in [-0.3, -0.25) is 0 Å². The molecule has 0 aliphatic carbocycles. The van der Waals surface area contributed by atoms with E-state index < -0.39 is 0 Å². The summed E-state index contributed by atoms with van der Waals surface area (Å²) in [6, 6.07) is 8.58. The molecular weight excluding hydrogens is 345 g/mol. The lowest BCUT2D eigenvalue weighted by molar-refractivity contribution is 0.273.